The van der Waals surface area contributed by atoms with Gasteiger partial charge in [-0.1, -0.05) is 66.7 Å². The Bertz CT molecular complexity index is 980. The van der Waals surface area contributed by atoms with Crippen LogP contribution in [-0.2, 0) is 17.9 Å². The molecular weight excluding hydrogens is 404 g/mol. The van der Waals surface area contributed by atoms with Crippen LogP contribution in [0, 0.1) is 0 Å². The summed E-state index contributed by atoms with van der Waals surface area (Å²) in [4.78, 5) is 14.4. The molecule has 0 aliphatic heterocycles. The van der Waals surface area contributed by atoms with E-state index in [1.807, 2.05) is 85.8 Å². The Kier molecular flexibility index (Phi) is 8.52. The largest absolute Gasteiger partial charge is 0.493 e. The van der Waals surface area contributed by atoms with E-state index >= 15 is 0 Å². The molecule has 1 amide bonds. The van der Waals surface area contributed by atoms with Crippen molar-refractivity contribution in [3.63, 3.8) is 0 Å². The molecule has 6 heteroatoms. The lowest BCUT2D eigenvalue weighted by Crippen LogP contribution is -2.35. The molecule has 0 unspecified atom stereocenters. The van der Waals surface area contributed by atoms with Crippen molar-refractivity contribution >= 4 is 6.09 Å². The van der Waals surface area contributed by atoms with Gasteiger partial charge in [0.15, 0.2) is 11.5 Å². The predicted octanol–water partition coefficient (Wildman–Crippen LogP) is 4.93. The van der Waals surface area contributed by atoms with Crippen LogP contribution >= 0.6 is 0 Å². The Morgan fingerprint density at radius 3 is 2.28 bits per heavy atom. The highest BCUT2D eigenvalue weighted by atomic mass is 16.6. The maximum atomic E-state index is 12.8. The topological polar surface area (TPSA) is 74.0 Å². The number of ether oxygens (including phenoxy) is 3. The van der Waals surface area contributed by atoms with E-state index in [2.05, 4.69) is 0 Å². The number of nitrogens with two attached hydrogens (primary N) is 1. The zero-order valence-corrected chi connectivity index (χ0v) is 18.6. The van der Waals surface area contributed by atoms with E-state index in [4.69, 9.17) is 19.9 Å². The first kappa shape index (κ1) is 23.2. The minimum atomic E-state index is -0.407. The molecule has 0 saturated carbocycles. The highest BCUT2D eigenvalue weighted by Crippen LogP contribution is 2.29. The molecule has 3 rings (SSSR count). The molecule has 0 radical (unpaired) electrons. The number of benzene rings is 3. The lowest BCUT2D eigenvalue weighted by atomic mass is 10.1. The number of carbonyl (C=O) groups excluding carboxylic acids is 1. The molecule has 0 aliphatic carbocycles. The highest BCUT2D eigenvalue weighted by molar-refractivity contribution is 5.68. The number of rotatable bonds is 10. The molecule has 0 aliphatic rings. The molecule has 0 saturated heterocycles. The second-order valence-corrected chi connectivity index (χ2v) is 7.41. The van der Waals surface area contributed by atoms with Gasteiger partial charge in [-0.15, -0.1) is 0 Å². The summed E-state index contributed by atoms with van der Waals surface area (Å²) < 4.78 is 17.1. The molecule has 0 aromatic heterocycles. The second-order valence-electron chi connectivity index (χ2n) is 7.41. The van der Waals surface area contributed by atoms with Crippen LogP contribution in [0.3, 0.4) is 0 Å². The molecule has 0 spiro atoms. The van der Waals surface area contributed by atoms with Gasteiger partial charge in [-0.05, 0) is 35.7 Å². The summed E-state index contributed by atoms with van der Waals surface area (Å²) in [7, 11) is 1.60. The molecule has 3 aromatic carbocycles. The fraction of sp³-hybridized carbons (Fsp3) is 0.269. The highest BCUT2D eigenvalue weighted by Gasteiger charge is 2.19. The first-order valence-electron chi connectivity index (χ1n) is 10.6. The van der Waals surface area contributed by atoms with Crippen LogP contribution in [-0.4, -0.2) is 31.2 Å². The average Bonchev–Trinajstić information content (AvgIpc) is 2.84. The zero-order valence-electron chi connectivity index (χ0n) is 18.6. The van der Waals surface area contributed by atoms with Crippen LogP contribution < -0.4 is 15.2 Å². The van der Waals surface area contributed by atoms with Crippen molar-refractivity contribution in [1.82, 2.24) is 4.90 Å². The zero-order chi connectivity index (χ0) is 22.8. The lowest BCUT2D eigenvalue weighted by Gasteiger charge is -2.24. The summed E-state index contributed by atoms with van der Waals surface area (Å²) in [5.74, 6) is 1.25. The Balaban J connectivity index is 1.66. The molecule has 6 nitrogen and oxygen atoms in total. The second kappa shape index (κ2) is 11.8. The van der Waals surface area contributed by atoms with Gasteiger partial charge in [0.2, 0.25) is 0 Å². The summed E-state index contributed by atoms with van der Waals surface area (Å²) in [6.45, 7) is 3.38. The van der Waals surface area contributed by atoms with Gasteiger partial charge < -0.3 is 24.8 Å². The lowest BCUT2D eigenvalue weighted by molar-refractivity contribution is 0.0682. The summed E-state index contributed by atoms with van der Waals surface area (Å²) >= 11 is 0. The van der Waals surface area contributed by atoms with Crippen LogP contribution in [0.2, 0.25) is 0 Å². The van der Waals surface area contributed by atoms with Gasteiger partial charge in [0.25, 0.3) is 0 Å². The summed E-state index contributed by atoms with van der Waals surface area (Å²) in [6.07, 6.45) is -0.762. The molecular formula is C26H30N2O4. The smallest absolute Gasteiger partial charge is 0.410 e. The molecule has 168 valence electrons. The van der Waals surface area contributed by atoms with Crippen molar-refractivity contribution in [2.24, 2.45) is 5.73 Å². The predicted molar refractivity (Wildman–Crippen MR) is 125 cm³/mol. The summed E-state index contributed by atoms with van der Waals surface area (Å²) in [6, 6.07) is 25.2. The van der Waals surface area contributed by atoms with Gasteiger partial charge in [0.05, 0.1) is 7.11 Å². The number of hydrogen-bond acceptors (Lipinski definition) is 5. The van der Waals surface area contributed by atoms with Gasteiger partial charge in [0, 0.05) is 19.6 Å². The van der Waals surface area contributed by atoms with E-state index in [0.29, 0.717) is 37.7 Å². The van der Waals surface area contributed by atoms with Crippen molar-refractivity contribution in [2.45, 2.75) is 26.2 Å². The standard InChI is InChI=1S/C26H30N2O4/c1-20(23-11-7-4-8-12-23)32-26(29)28(16-15-27)18-22-13-14-24(25(17-22)30-2)31-19-21-9-5-3-6-10-21/h3-14,17,20H,15-16,18-19,27H2,1-2H3/t20-/m1/s1. The monoisotopic (exact) mass is 434 g/mol. The van der Waals surface area contributed by atoms with E-state index in [1.165, 1.54) is 0 Å². The van der Waals surface area contributed by atoms with Gasteiger partial charge in [-0.3, -0.25) is 0 Å². The molecule has 3 aromatic rings. The molecule has 1 atom stereocenters. The number of hydrogen-bond donors (Lipinski definition) is 1. The van der Waals surface area contributed by atoms with Crippen molar-refractivity contribution in [2.75, 3.05) is 20.2 Å². The Labute approximate surface area is 189 Å². The van der Waals surface area contributed by atoms with Gasteiger partial charge in [0.1, 0.15) is 12.7 Å². The molecule has 0 fully saturated rings. The number of amides is 1. The normalized spacial score (nSPS) is 11.5. The van der Waals surface area contributed by atoms with E-state index < -0.39 is 6.09 Å². The maximum absolute atomic E-state index is 12.8. The van der Waals surface area contributed by atoms with Crippen LogP contribution in [0.15, 0.2) is 78.9 Å². The number of methoxy groups -OCH3 is 1. The number of nitrogens with zero attached hydrogens (tertiary/aromatic N) is 1. The maximum Gasteiger partial charge on any atom is 0.410 e. The minimum Gasteiger partial charge on any atom is -0.493 e. The summed E-state index contributed by atoms with van der Waals surface area (Å²) in [5, 5.41) is 0. The first-order valence-corrected chi connectivity index (χ1v) is 10.6. The molecule has 0 bridgehead atoms. The minimum absolute atomic E-state index is 0.338. The third kappa shape index (κ3) is 6.49. The average molecular weight is 435 g/mol. The molecule has 2 N–H and O–H groups in total. The van der Waals surface area contributed by atoms with Crippen molar-refractivity contribution < 1.29 is 19.0 Å². The fourth-order valence-corrected chi connectivity index (χ4v) is 3.29. The van der Waals surface area contributed by atoms with Gasteiger partial charge in [-0.25, -0.2) is 4.79 Å². The van der Waals surface area contributed by atoms with E-state index in [0.717, 1.165) is 16.7 Å². The third-order valence-corrected chi connectivity index (χ3v) is 5.04. The SMILES string of the molecule is COc1cc(CN(CCN)C(=O)O[C@H](C)c2ccccc2)ccc1OCc1ccccc1. The molecule has 0 heterocycles. The van der Waals surface area contributed by atoms with Crippen molar-refractivity contribution in [3.05, 3.63) is 95.6 Å². The van der Waals surface area contributed by atoms with E-state index in [1.54, 1.807) is 12.0 Å². The Hall–Kier alpha value is -3.51. The van der Waals surface area contributed by atoms with Crippen LogP contribution in [0.1, 0.15) is 29.7 Å². The number of carbonyl (C=O) groups is 1. The van der Waals surface area contributed by atoms with Gasteiger partial charge >= 0.3 is 6.09 Å². The van der Waals surface area contributed by atoms with Crippen molar-refractivity contribution in [3.8, 4) is 11.5 Å². The Morgan fingerprint density at radius 2 is 1.62 bits per heavy atom. The third-order valence-electron chi connectivity index (χ3n) is 5.04. The van der Waals surface area contributed by atoms with Crippen LogP contribution in [0.5, 0.6) is 11.5 Å². The van der Waals surface area contributed by atoms with Crippen LogP contribution in [0.4, 0.5) is 4.79 Å². The van der Waals surface area contributed by atoms with E-state index in [9.17, 15) is 4.79 Å². The molecule has 32 heavy (non-hydrogen) atoms. The Morgan fingerprint density at radius 1 is 0.938 bits per heavy atom. The van der Waals surface area contributed by atoms with Gasteiger partial charge in [-0.2, -0.15) is 0 Å². The van der Waals surface area contributed by atoms with Crippen LogP contribution in [0.25, 0.3) is 0 Å². The quantitative estimate of drug-likeness (QED) is 0.490. The van der Waals surface area contributed by atoms with Crippen molar-refractivity contribution in [1.29, 1.82) is 0 Å². The van der Waals surface area contributed by atoms with E-state index in [-0.39, 0.29) is 6.10 Å². The summed E-state index contributed by atoms with van der Waals surface area (Å²) in [5.41, 5.74) is 8.65. The fourth-order valence-electron chi connectivity index (χ4n) is 3.29. The first-order chi connectivity index (χ1) is 15.6.